The van der Waals surface area contributed by atoms with Crippen LogP contribution >= 0.6 is 0 Å². The molecular formula is C19H26N2O4S. The van der Waals surface area contributed by atoms with Crippen molar-refractivity contribution in [2.75, 3.05) is 6.54 Å². The van der Waals surface area contributed by atoms with Gasteiger partial charge < -0.3 is 15.9 Å². The second-order valence-electron chi connectivity index (χ2n) is 6.80. The summed E-state index contributed by atoms with van der Waals surface area (Å²) in [4.78, 5) is -0.418. The average molecular weight is 378 g/mol. The molecule has 0 heterocycles. The van der Waals surface area contributed by atoms with E-state index in [2.05, 4.69) is 12.1 Å². The summed E-state index contributed by atoms with van der Waals surface area (Å²) >= 11 is 0. The molecule has 7 heteroatoms. The van der Waals surface area contributed by atoms with Gasteiger partial charge in [-0.05, 0) is 48.4 Å². The highest BCUT2D eigenvalue weighted by molar-refractivity contribution is 7.89. The van der Waals surface area contributed by atoms with Crippen LogP contribution in [0.5, 0.6) is 5.75 Å². The van der Waals surface area contributed by atoms with E-state index in [1.807, 2.05) is 25.1 Å². The fourth-order valence-electron chi connectivity index (χ4n) is 3.09. The smallest absolute Gasteiger partial charge is 0.241 e. The Bertz CT molecular complexity index is 840. The monoisotopic (exact) mass is 378 g/mol. The summed E-state index contributed by atoms with van der Waals surface area (Å²) in [7, 11) is -4.10. The fourth-order valence-corrected chi connectivity index (χ4v) is 3.74. The van der Waals surface area contributed by atoms with Crippen LogP contribution in [0.25, 0.3) is 0 Å². The van der Waals surface area contributed by atoms with Gasteiger partial charge in [0.1, 0.15) is 16.2 Å². The highest BCUT2D eigenvalue weighted by Crippen LogP contribution is 2.33. The van der Waals surface area contributed by atoms with Gasteiger partial charge in [0.2, 0.25) is 10.0 Å². The van der Waals surface area contributed by atoms with Crippen molar-refractivity contribution in [2.45, 2.75) is 36.7 Å². The zero-order valence-corrected chi connectivity index (χ0v) is 15.6. The number of phenolic OH excluding ortho intramolecular Hbond substituents is 1. The Kier molecular flexibility index (Phi) is 6.41. The van der Waals surface area contributed by atoms with Gasteiger partial charge in [0, 0.05) is 6.54 Å². The minimum absolute atomic E-state index is 0.0719. The fraction of sp³-hybridized carbons (Fsp3) is 0.368. The van der Waals surface area contributed by atoms with Gasteiger partial charge in [0.15, 0.2) is 0 Å². The van der Waals surface area contributed by atoms with E-state index in [4.69, 9.17) is 10.9 Å². The second kappa shape index (κ2) is 8.18. The number of aromatic hydroxyl groups is 1. The summed E-state index contributed by atoms with van der Waals surface area (Å²) in [5, 5.41) is 25.9. The Morgan fingerprint density at radius 1 is 1.15 bits per heavy atom. The molecule has 0 saturated carbocycles. The van der Waals surface area contributed by atoms with Crippen LogP contribution in [0.3, 0.4) is 0 Å². The highest BCUT2D eigenvalue weighted by Gasteiger charge is 2.31. The van der Waals surface area contributed by atoms with Crippen LogP contribution in [0.2, 0.25) is 0 Å². The summed E-state index contributed by atoms with van der Waals surface area (Å²) in [5.41, 5.74) is 5.95. The Balaban J connectivity index is 2.17. The molecule has 6 N–H and O–H groups in total. The first-order valence-electron chi connectivity index (χ1n) is 8.48. The number of aryl methyl sites for hydroxylation is 1. The normalized spacial score (nSPS) is 15.4. The first-order chi connectivity index (χ1) is 12.2. The van der Waals surface area contributed by atoms with Gasteiger partial charge in [0.05, 0.1) is 0 Å². The third-order valence-electron chi connectivity index (χ3n) is 4.60. The molecular weight excluding hydrogens is 352 g/mol. The van der Waals surface area contributed by atoms with Crippen molar-refractivity contribution in [1.82, 2.24) is 0 Å². The van der Waals surface area contributed by atoms with Crippen LogP contribution in [0.1, 0.15) is 30.9 Å². The van der Waals surface area contributed by atoms with Crippen molar-refractivity contribution in [3.8, 4) is 5.75 Å². The molecule has 0 aromatic heterocycles. The molecule has 0 fully saturated rings. The van der Waals surface area contributed by atoms with Gasteiger partial charge in [-0.1, -0.05) is 43.3 Å². The Labute approximate surface area is 154 Å². The summed E-state index contributed by atoms with van der Waals surface area (Å²) in [5.74, 6) is -0.303. The highest BCUT2D eigenvalue weighted by atomic mass is 32.2. The number of nitrogens with two attached hydrogens (primary N) is 2. The minimum atomic E-state index is -4.10. The van der Waals surface area contributed by atoms with Crippen LogP contribution in [0.15, 0.2) is 53.4 Å². The number of benzene rings is 2. The first-order valence-corrected chi connectivity index (χ1v) is 10.0. The largest absolute Gasteiger partial charge is 0.507 e. The van der Waals surface area contributed by atoms with E-state index in [-0.39, 0.29) is 12.5 Å². The maximum Gasteiger partial charge on any atom is 0.241 e. The van der Waals surface area contributed by atoms with Gasteiger partial charge in [-0.15, -0.1) is 0 Å². The number of primary sulfonamides is 1. The summed E-state index contributed by atoms with van der Waals surface area (Å²) in [6, 6.07) is 13.9. The number of sulfonamides is 1. The number of rotatable bonds is 8. The molecule has 2 atom stereocenters. The molecule has 6 nitrogen and oxygen atoms in total. The Morgan fingerprint density at radius 2 is 1.81 bits per heavy atom. The maximum atomic E-state index is 11.6. The number of aliphatic hydroxyl groups is 1. The van der Waals surface area contributed by atoms with E-state index in [0.29, 0.717) is 12.0 Å². The van der Waals surface area contributed by atoms with Crippen molar-refractivity contribution >= 4 is 10.0 Å². The quantitative estimate of drug-likeness (QED) is 0.557. The Morgan fingerprint density at radius 3 is 2.38 bits per heavy atom. The van der Waals surface area contributed by atoms with Crippen LogP contribution in [0.4, 0.5) is 0 Å². The molecule has 0 amide bonds. The molecule has 2 aromatic carbocycles. The molecule has 0 spiro atoms. The Hall–Kier alpha value is -1.93. The van der Waals surface area contributed by atoms with E-state index < -0.39 is 26.3 Å². The molecule has 0 aliphatic carbocycles. The lowest BCUT2D eigenvalue weighted by Crippen LogP contribution is -2.37. The lowest BCUT2D eigenvalue weighted by atomic mass is 9.83. The van der Waals surface area contributed by atoms with Crippen molar-refractivity contribution in [3.05, 3.63) is 59.7 Å². The molecule has 2 unspecified atom stereocenters. The van der Waals surface area contributed by atoms with E-state index >= 15 is 0 Å². The lowest BCUT2D eigenvalue weighted by molar-refractivity contribution is 0.0207. The molecule has 2 aromatic rings. The predicted molar refractivity (Wildman–Crippen MR) is 101 cm³/mol. The van der Waals surface area contributed by atoms with Crippen molar-refractivity contribution in [2.24, 2.45) is 16.8 Å². The number of hydrogen-bond acceptors (Lipinski definition) is 5. The van der Waals surface area contributed by atoms with Gasteiger partial charge in [-0.25, -0.2) is 13.6 Å². The lowest BCUT2D eigenvalue weighted by Gasteiger charge is -2.30. The summed E-state index contributed by atoms with van der Waals surface area (Å²) in [6.45, 7) is 1.95. The third kappa shape index (κ3) is 5.04. The standard InChI is InChI=1S/C19H26N2O4S/c1-14(7-8-15-5-3-2-4-6-15)12-19(23,13-20)16-9-10-17(22)18(11-16)26(21,24)25/h2-6,9-11,14,22-23H,7-8,12-13,20H2,1H3,(H2,21,24,25). The van der Waals surface area contributed by atoms with Crippen molar-refractivity contribution < 1.29 is 18.6 Å². The topological polar surface area (TPSA) is 127 Å². The third-order valence-corrected chi connectivity index (χ3v) is 5.54. The molecule has 0 aliphatic heterocycles. The molecule has 0 saturated heterocycles. The van der Waals surface area contributed by atoms with Crippen LogP contribution in [0, 0.1) is 5.92 Å². The number of hydrogen-bond donors (Lipinski definition) is 4. The molecule has 0 bridgehead atoms. The zero-order valence-electron chi connectivity index (χ0n) is 14.8. The maximum absolute atomic E-state index is 11.6. The molecule has 0 aliphatic rings. The van der Waals surface area contributed by atoms with Crippen LogP contribution in [-0.2, 0) is 22.0 Å². The molecule has 2 rings (SSSR count). The van der Waals surface area contributed by atoms with Gasteiger partial charge >= 0.3 is 0 Å². The van der Waals surface area contributed by atoms with E-state index in [1.54, 1.807) is 0 Å². The zero-order chi connectivity index (χ0) is 19.4. The molecule has 0 radical (unpaired) electrons. The van der Waals surface area contributed by atoms with Crippen LogP contribution < -0.4 is 10.9 Å². The van der Waals surface area contributed by atoms with E-state index in [1.165, 1.54) is 23.8 Å². The summed E-state index contributed by atoms with van der Waals surface area (Å²) < 4.78 is 23.2. The van der Waals surface area contributed by atoms with Crippen LogP contribution in [-0.4, -0.2) is 25.2 Å². The van der Waals surface area contributed by atoms with Crippen molar-refractivity contribution in [3.63, 3.8) is 0 Å². The number of phenols is 1. The van der Waals surface area contributed by atoms with E-state index in [9.17, 15) is 18.6 Å². The SMILES string of the molecule is CC(CCc1ccccc1)CC(O)(CN)c1ccc(O)c(S(N)(=O)=O)c1. The van der Waals surface area contributed by atoms with Gasteiger partial charge in [-0.3, -0.25) is 0 Å². The second-order valence-corrected chi connectivity index (χ2v) is 8.33. The van der Waals surface area contributed by atoms with Crippen molar-refractivity contribution in [1.29, 1.82) is 0 Å². The summed E-state index contributed by atoms with van der Waals surface area (Å²) in [6.07, 6.45) is 2.10. The molecule has 142 valence electrons. The minimum Gasteiger partial charge on any atom is -0.507 e. The first kappa shape index (κ1) is 20.4. The predicted octanol–water partition coefficient (Wildman–Crippen LogP) is 1.84. The molecule has 26 heavy (non-hydrogen) atoms. The van der Waals surface area contributed by atoms with Gasteiger partial charge in [-0.2, -0.15) is 0 Å². The average Bonchev–Trinajstić information content (AvgIpc) is 2.60. The van der Waals surface area contributed by atoms with Gasteiger partial charge in [0.25, 0.3) is 0 Å². The van der Waals surface area contributed by atoms with E-state index in [0.717, 1.165) is 12.8 Å².